The Labute approximate surface area is 154 Å². The van der Waals surface area contributed by atoms with Gasteiger partial charge in [0, 0.05) is 6.54 Å². The van der Waals surface area contributed by atoms with E-state index in [1.165, 1.54) is 13.2 Å². The minimum atomic E-state index is -2.92. The van der Waals surface area contributed by atoms with E-state index in [9.17, 15) is 13.6 Å². The van der Waals surface area contributed by atoms with Gasteiger partial charge in [0.25, 0.3) is 5.91 Å². The second kappa shape index (κ2) is 9.82. The van der Waals surface area contributed by atoms with Crippen LogP contribution in [0.25, 0.3) is 0 Å². The van der Waals surface area contributed by atoms with Crippen molar-refractivity contribution < 1.29 is 27.8 Å². The second-order valence-electron chi connectivity index (χ2n) is 5.18. The molecular weight excluding hydrogens is 368 g/mol. The fourth-order valence-electron chi connectivity index (χ4n) is 2.16. The average Bonchev–Trinajstić information content (AvgIpc) is 2.61. The van der Waals surface area contributed by atoms with Crippen LogP contribution in [0.3, 0.4) is 0 Å². The van der Waals surface area contributed by atoms with Crippen LogP contribution in [0.5, 0.6) is 17.2 Å². The highest BCUT2D eigenvalue weighted by molar-refractivity contribution is 6.32. The van der Waals surface area contributed by atoms with Gasteiger partial charge < -0.3 is 19.5 Å². The number of benzene rings is 2. The second-order valence-corrected chi connectivity index (χ2v) is 5.59. The third-order valence-corrected chi connectivity index (χ3v) is 3.69. The van der Waals surface area contributed by atoms with Gasteiger partial charge in [-0.05, 0) is 36.2 Å². The molecule has 0 spiro atoms. The summed E-state index contributed by atoms with van der Waals surface area (Å²) < 4.78 is 39.3. The summed E-state index contributed by atoms with van der Waals surface area (Å²) in [4.78, 5) is 11.8. The fourth-order valence-corrected chi connectivity index (χ4v) is 2.35. The first-order valence-corrected chi connectivity index (χ1v) is 8.13. The number of alkyl halides is 2. The van der Waals surface area contributed by atoms with Crippen LogP contribution < -0.4 is 19.5 Å². The summed E-state index contributed by atoms with van der Waals surface area (Å²) in [6.45, 7) is -2.73. The molecule has 0 fully saturated rings. The third kappa shape index (κ3) is 6.07. The Morgan fingerprint density at radius 3 is 2.62 bits per heavy atom. The van der Waals surface area contributed by atoms with Crippen molar-refractivity contribution in [1.29, 1.82) is 0 Å². The number of methoxy groups -OCH3 is 1. The smallest absolute Gasteiger partial charge is 0.387 e. The van der Waals surface area contributed by atoms with Crippen molar-refractivity contribution in [3.63, 3.8) is 0 Å². The van der Waals surface area contributed by atoms with Gasteiger partial charge in [-0.25, -0.2) is 0 Å². The number of carbonyl (C=O) groups is 1. The summed E-state index contributed by atoms with van der Waals surface area (Å²) in [5, 5.41) is 3.14. The van der Waals surface area contributed by atoms with Gasteiger partial charge in [0.15, 0.2) is 18.1 Å². The van der Waals surface area contributed by atoms with E-state index in [0.717, 1.165) is 5.56 Å². The first-order valence-electron chi connectivity index (χ1n) is 7.75. The van der Waals surface area contributed by atoms with E-state index in [0.29, 0.717) is 23.7 Å². The summed E-state index contributed by atoms with van der Waals surface area (Å²) >= 11 is 5.94. The van der Waals surface area contributed by atoms with Gasteiger partial charge in [-0.15, -0.1) is 0 Å². The van der Waals surface area contributed by atoms with Crippen molar-refractivity contribution in [2.45, 2.75) is 13.0 Å². The van der Waals surface area contributed by atoms with Crippen LogP contribution in [0.1, 0.15) is 5.56 Å². The Morgan fingerprint density at radius 2 is 1.92 bits per heavy atom. The molecule has 2 aromatic rings. The van der Waals surface area contributed by atoms with Crippen LogP contribution in [0.4, 0.5) is 8.78 Å². The molecule has 0 aliphatic heterocycles. The highest BCUT2D eigenvalue weighted by atomic mass is 35.5. The van der Waals surface area contributed by atoms with Gasteiger partial charge >= 0.3 is 6.61 Å². The molecule has 0 aromatic heterocycles. The molecular formula is C18H18ClF2NO4. The molecule has 0 radical (unpaired) electrons. The van der Waals surface area contributed by atoms with E-state index in [4.69, 9.17) is 21.1 Å². The number of nitrogens with one attached hydrogen (secondary N) is 1. The standard InChI is InChI=1S/C18H18ClF2NO4/c1-24-16-10-12(6-7-15(16)26-18(20)21)8-9-22-17(23)11-25-14-5-3-2-4-13(14)19/h2-7,10,18H,8-9,11H2,1H3,(H,22,23). The summed E-state index contributed by atoms with van der Waals surface area (Å²) in [7, 11) is 1.37. The Hall–Kier alpha value is -2.54. The predicted octanol–water partition coefficient (Wildman–Crippen LogP) is 3.69. The summed E-state index contributed by atoms with van der Waals surface area (Å²) in [6, 6.07) is 11.5. The molecule has 5 nitrogen and oxygen atoms in total. The number of rotatable bonds is 9. The van der Waals surface area contributed by atoms with Gasteiger partial charge in [0.05, 0.1) is 12.1 Å². The van der Waals surface area contributed by atoms with Gasteiger partial charge in [-0.2, -0.15) is 8.78 Å². The lowest BCUT2D eigenvalue weighted by Crippen LogP contribution is -2.30. The van der Waals surface area contributed by atoms with Crippen molar-refractivity contribution in [2.75, 3.05) is 20.3 Å². The molecule has 140 valence electrons. The van der Waals surface area contributed by atoms with Gasteiger partial charge in [-0.1, -0.05) is 29.8 Å². The average molecular weight is 386 g/mol. The van der Waals surface area contributed by atoms with Crippen molar-refractivity contribution in [3.05, 3.63) is 53.1 Å². The molecule has 0 atom stereocenters. The van der Waals surface area contributed by atoms with Crippen LogP contribution in [0, 0.1) is 0 Å². The SMILES string of the molecule is COc1cc(CCNC(=O)COc2ccccc2Cl)ccc1OC(F)F. The van der Waals surface area contributed by atoms with E-state index in [1.807, 2.05) is 0 Å². The monoisotopic (exact) mass is 385 g/mol. The molecule has 0 heterocycles. The van der Waals surface area contributed by atoms with Crippen LogP contribution in [0.2, 0.25) is 5.02 Å². The zero-order valence-corrected chi connectivity index (χ0v) is 14.8. The molecule has 1 N–H and O–H groups in total. The molecule has 0 saturated carbocycles. The topological polar surface area (TPSA) is 56.8 Å². The van der Waals surface area contributed by atoms with Crippen molar-refractivity contribution >= 4 is 17.5 Å². The molecule has 0 bridgehead atoms. The molecule has 8 heteroatoms. The van der Waals surface area contributed by atoms with E-state index >= 15 is 0 Å². The van der Waals surface area contributed by atoms with E-state index in [-0.39, 0.29) is 24.0 Å². The molecule has 2 aromatic carbocycles. The number of ether oxygens (including phenoxy) is 3. The molecule has 0 aliphatic carbocycles. The number of hydrogen-bond donors (Lipinski definition) is 1. The fraction of sp³-hybridized carbons (Fsp3) is 0.278. The largest absolute Gasteiger partial charge is 0.493 e. The van der Waals surface area contributed by atoms with Gasteiger partial charge in [0.2, 0.25) is 0 Å². The Balaban J connectivity index is 1.80. The van der Waals surface area contributed by atoms with Crippen molar-refractivity contribution in [2.24, 2.45) is 0 Å². The van der Waals surface area contributed by atoms with Crippen molar-refractivity contribution in [3.8, 4) is 17.2 Å². The maximum Gasteiger partial charge on any atom is 0.387 e. The van der Waals surface area contributed by atoms with E-state index < -0.39 is 6.61 Å². The minimum absolute atomic E-state index is 0.0385. The molecule has 0 aliphatic rings. The zero-order valence-electron chi connectivity index (χ0n) is 14.0. The van der Waals surface area contributed by atoms with Crippen LogP contribution in [-0.4, -0.2) is 32.8 Å². The summed E-state index contributed by atoms with van der Waals surface area (Å²) in [5.74, 6) is 0.304. The van der Waals surface area contributed by atoms with E-state index in [1.54, 1.807) is 36.4 Å². The number of hydrogen-bond acceptors (Lipinski definition) is 4. The quantitative estimate of drug-likeness (QED) is 0.715. The third-order valence-electron chi connectivity index (χ3n) is 3.38. The van der Waals surface area contributed by atoms with E-state index in [2.05, 4.69) is 10.1 Å². The highest BCUT2D eigenvalue weighted by Crippen LogP contribution is 2.29. The number of para-hydroxylation sites is 1. The lowest BCUT2D eigenvalue weighted by molar-refractivity contribution is -0.123. The first-order chi connectivity index (χ1) is 12.5. The first kappa shape index (κ1) is 19.8. The maximum atomic E-state index is 12.3. The number of amides is 1. The lowest BCUT2D eigenvalue weighted by atomic mass is 10.1. The minimum Gasteiger partial charge on any atom is -0.493 e. The number of carbonyl (C=O) groups excluding carboxylic acids is 1. The van der Waals surface area contributed by atoms with Crippen LogP contribution in [-0.2, 0) is 11.2 Å². The maximum absolute atomic E-state index is 12.3. The molecule has 26 heavy (non-hydrogen) atoms. The zero-order chi connectivity index (χ0) is 18.9. The number of halogens is 3. The molecule has 0 saturated heterocycles. The lowest BCUT2D eigenvalue weighted by Gasteiger charge is -2.12. The molecule has 2 rings (SSSR count). The Kier molecular flexibility index (Phi) is 7.47. The van der Waals surface area contributed by atoms with Gasteiger partial charge in [-0.3, -0.25) is 4.79 Å². The summed E-state index contributed by atoms with van der Waals surface area (Å²) in [5.41, 5.74) is 0.802. The molecule has 1 amide bonds. The predicted molar refractivity (Wildman–Crippen MR) is 93.3 cm³/mol. The van der Waals surface area contributed by atoms with Gasteiger partial charge in [0.1, 0.15) is 5.75 Å². The van der Waals surface area contributed by atoms with Crippen LogP contribution >= 0.6 is 11.6 Å². The Bertz CT molecular complexity index is 743. The highest BCUT2D eigenvalue weighted by Gasteiger charge is 2.11. The normalized spacial score (nSPS) is 10.5. The molecule has 0 unspecified atom stereocenters. The van der Waals surface area contributed by atoms with Crippen LogP contribution in [0.15, 0.2) is 42.5 Å². The summed E-state index contributed by atoms with van der Waals surface area (Å²) in [6.07, 6.45) is 0.489. The van der Waals surface area contributed by atoms with Crippen molar-refractivity contribution in [1.82, 2.24) is 5.32 Å². The Morgan fingerprint density at radius 1 is 1.15 bits per heavy atom.